The summed E-state index contributed by atoms with van der Waals surface area (Å²) in [5.41, 5.74) is 7.23. The van der Waals surface area contributed by atoms with Crippen LogP contribution in [-0.4, -0.2) is 38.7 Å². The van der Waals surface area contributed by atoms with Crippen LogP contribution >= 0.6 is 11.3 Å². The Bertz CT molecular complexity index is 997. The summed E-state index contributed by atoms with van der Waals surface area (Å²) >= 11 is 1.58. The van der Waals surface area contributed by atoms with Gasteiger partial charge in [-0.1, -0.05) is 0 Å². The highest BCUT2D eigenvalue weighted by molar-refractivity contribution is 7.13. The number of unbranched alkanes of at least 4 members (excludes halogenated alkanes) is 1. The Morgan fingerprint density at radius 2 is 2.24 bits per heavy atom. The molecule has 9 heteroatoms. The van der Waals surface area contributed by atoms with Gasteiger partial charge in [0.15, 0.2) is 6.17 Å². The number of allylic oxidation sites excluding steroid dienone is 3. The molecule has 1 atom stereocenters. The number of imidazole rings is 1. The van der Waals surface area contributed by atoms with Crippen molar-refractivity contribution in [1.29, 1.82) is 5.26 Å². The number of hydrogen-bond acceptors (Lipinski definition) is 8. The molecule has 0 amide bonds. The Balaban J connectivity index is 1.48. The summed E-state index contributed by atoms with van der Waals surface area (Å²) in [6.07, 6.45) is 10.6. The number of hydrazine groups is 1. The number of nitrogens with one attached hydrogen (secondary N) is 1. The third-order valence-electron chi connectivity index (χ3n) is 4.95. The molecule has 0 fully saturated rings. The van der Waals surface area contributed by atoms with Crippen LogP contribution in [0.3, 0.4) is 0 Å². The van der Waals surface area contributed by atoms with E-state index in [-0.39, 0.29) is 6.17 Å². The fraction of sp³-hybridized carbons (Fsp3) is 0.400. The van der Waals surface area contributed by atoms with E-state index in [2.05, 4.69) is 27.2 Å². The number of thiazole rings is 1. The van der Waals surface area contributed by atoms with Crippen LogP contribution < -0.4 is 5.43 Å². The smallest absolute Gasteiger partial charge is 0.198 e. The zero-order valence-electron chi connectivity index (χ0n) is 16.5. The molecule has 1 unspecified atom stereocenters. The van der Waals surface area contributed by atoms with E-state index < -0.39 is 0 Å². The fourth-order valence-electron chi connectivity index (χ4n) is 3.44. The van der Waals surface area contributed by atoms with E-state index >= 15 is 0 Å². The Morgan fingerprint density at radius 3 is 3.00 bits per heavy atom. The van der Waals surface area contributed by atoms with Crippen LogP contribution in [-0.2, 0) is 17.7 Å². The van der Waals surface area contributed by atoms with Crippen molar-refractivity contribution in [3.63, 3.8) is 0 Å². The summed E-state index contributed by atoms with van der Waals surface area (Å²) in [5, 5.41) is 10.9. The first-order valence-corrected chi connectivity index (χ1v) is 10.4. The van der Waals surface area contributed by atoms with E-state index in [1.807, 2.05) is 35.8 Å². The average molecular weight is 410 g/mol. The van der Waals surface area contributed by atoms with Gasteiger partial charge in [0.1, 0.15) is 23.1 Å². The van der Waals surface area contributed by atoms with Crippen molar-refractivity contribution in [1.82, 2.24) is 25.0 Å². The normalized spacial score (nSPS) is 17.8. The number of aromatic nitrogens is 3. The van der Waals surface area contributed by atoms with E-state index in [1.54, 1.807) is 18.4 Å². The summed E-state index contributed by atoms with van der Waals surface area (Å²) in [6, 6.07) is 2.21. The van der Waals surface area contributed by atoms with Gasteiger partial charge in [-0.2, -0.15) is 5.26 Å². The molecular weight excluding hydrogens is 386 g/mol. The van der Waals surface area contributed by atoms with Crippen LogP contribution in [0.1, 0.15) is 32.0 Å². The van der Waals surface area contributed by atoms with Crippen molar-refractivity contribution in [3.8, 4) is 16.6 Å². The molecule has 0 aromatic carbocycles. The highest BCUT2D eigenvalue weighted by Gasteiger charge is 2.32. The van der Waals surface area contributed by atoms with Gasteiger partial charge in [-0.25, -0.2) is 9.98 Å². The Kier molecular flexibility index (Phi) is 5.62. The van der Waals surface area contributed by atoms with Gasteiger partial charge in [0.05, 0.1) is 23.6 Å². The van der Waals surface area contributed by atoms with Gasteiger partial charge in [-0.15, -0.1) is 11.3 Å². The van der Waals surface area contributed by atoms with Gasteiger partial charge < -0.3 is 9.30 Å². The molecule has 2 aliphatic rings. The van der Waals surface area contributed by atoms with Gasteiger partial charge in [-0.3, -0.25) is 15.4 Å². The molecule has 150 valence electrons. The first-order chi connectivity index (χ1) is 14.2. The lowest BCUT2D eigenvalue weighted by Crippen LogP contribution is -2.41. The van der Waals surface area contributed by atoms with E-state index in [9.17, 15) is 0 Å². The zero-order chi connectivity index (χ0) is 20.2. The lowest BCUT2D eigenvalue weighted by molar-refractivity contribution is 0.175. The van der Waals surface area contributed by atoms with Crippen LogP contribution in [0.25, 0.3) is 10.6 Å². The van der Waals surface area contributed by atoms with Crippen LogP contribution in [0.15, 0.2) is 46.5 Å². The molecule has 0 saturated carbocycles. The molecular formula is C20H23N7OS. The first-order valence-electron chi connectivity index (χ1n) is 9.56. The molecule has 2 aromatic rings. The standard InChI is InChI=1S/C20H23N7OS/c1-14-5-6-16(28-2)20-24-18(25-27(14)20)7-8-19-23-15(17-11-22-13-29-17)12-26(19)10-4-3-9-21/h5-6,11-13,20H,3-4,7-8,10H2,1-2H3,(H,24,25). The van der Waals surface area contributed by atoms with Crippen molar-refractivity contribution in [3.05, 3.63) is 47.3 Å². The first kappa shape index (κ1) is 19.2. The third kappa shape index (κ3) is 4.03. The predicted octanol–water partition coefficient (Wildman–Crippen LogP) is 3.24. The van der Waals surface area contributed by atoms with E-state index in [0.29, 0.717) is 6.42 Å². The minimum absolute atomic E-state index is 0.150. The maximum atomic E-state index is 8.85. The summed E-state index contributed by atoms with van der Waals surface area (Å²) in [6.45, 7) is 2.83. The van der Waals surface area contributed by atoms with Crippen molar-refractivity contribution in [2.24, 2.45) is 4.99 Å². The molecule has 29 heavy (non-hydrogen) atoms. The zero-order valence-corrected chi connectivity index (χ0v) is 17.3. The largest absolute Gasteiger partial charge is 0.497 e. The monoisotopic (exact) mass is 409 g/mol. The molecule has 0 saturated heterocycles. The number of ether oxygens (including phenoxy) is 1. The summed E-state index contributed by atoms with van der Waals surface area (Å²) in [7, 11) is 1.67. The van der Waals surface area contributed by atoms with Crippen molar-refractivity contribution < 1.29 is 4.74 Å². The average Bonchev–Trinajstić information content (AvgIpc) is 3.46. The number of nitrogens with zero attached hydrogens (tertiary/aromatic N) is 6. The molecule has 0 spiro atoms. The summed E-state index contributed by atoms with van der Waals surface area (Å²) < 4.78 is 7.62. The molecule has 1 N–H and O–H groups in total. The van der Waals surface area contributed by atoms with Crippen LogP contribution in [0.5, 0.6) is 0 Å². The maximum Gasteiger partial charge on any atom is 0.198 e. The molecule has 8 nitrogen and oxygen atoms in total. The maximum absolute atomic E-state index is 8.85. The molecule has 4 heterocycles. The number of amidine groups is 1. The second-order valence-corrected chi connectivity index (χ2v) is 7.76. The lowest BCUT2D eigenvalue weighted by atomic mass is 10.2. The molecule has 0 aliphatic carbocycles. The highest BCUT2D eigenvalue weighted by atomic mass is 32.1. The quantitative estimate of drug-likeness (QED) is 0.673. The number of aryl methyl sites for hydroxylation is 2. The van der Waals surface area contributed by atoms with E-state index in [0.717, 1.165) is 59.5 Å². The topological polar surface area (TPSA) is 91.4 Å². The number of aliphatic imine (C=N–C) groups is 1. The highest BCUT2D eigenvalue weighted by Crippen LogP contribution is 2.26. The number of rotatable bonds is 8. The van der Waals surface area contributed by atoms with Crippen LogP contribution in [0.2, 0.25) is 0 Å². The van der Waals surface area contributed by atoms with Gasteiger partial charge in [-0.05, 0) is 25.5 Å². The second kappa shape index (κ2) is 8.49. The van der Waals surface area contributed by atoms with Gasteiger partial charge in [0, 0.05) is 43.9 Å². The van der Waals surface area contributed by atoms with Crippen molar-refractivity contribution in [2.45, 2.75) is 45.3 Å². The van der Waals surface area contributed by atoms with Crippen molar-refractivity contribution in [2.75, 3.05) is 7.11 Å². The Morgan fingerprint density at radius 1 is 1.34 bits per heavy atom. The Hall–Kier alpha value is -3.12. The van der Waals surface area contributed by atoms with Gasteiger partial charge >= 0.3 is 0 Å². The SMILES string of the molecule is COC1=CC=C(C)N2NC(CCc3nc(-c4cncs4)cn3CCCC#N)=NC12. The number of hydrogen-bond donors (Lipinski definition) is 1. The summed E-state index contributed by atoms with van der Waals surface area (Å²) in [5.74, 6) is 2.73. The van der Waals surface area contributed by atoms with Crippen molar-refractivity contribution >= 4 is 17.2 Å². The molecule has 0 bridgehead atoms. The van der Waals surface area contributed by atoms with Gasteiger partial charge in [0.25, 0.3) is 0 Å². The minimum atomic E-state index is -0.150. The third-order valence-corrected chi connectivity index (χ3v) is 5.74. The fourth-order valence-corrected chi connectivity index (χ4v) is 4.01. The second-order valence-electron chi connectivity index (χ2n) is 6.88. The van der Waals surface area contributed by atoms with E-state index in [4.69, 9.17) is 20.0 Å². The van der Waals surface area contributed by atoms with Crippen LogP contribution in [0, 0.1) is 11.3 Å². The van der Waals surface area contributed by atoms with E-state index in [1.165, 1.54) is 0 Å². The number of methoxy groups -OCH3 is 1. The molecule has 0 radical (unpaired) electrons. The van der Waals surface area contributed by atoms with Gasteiger partial charge in [0.2, 0.25) is 0 Å². The molecule has 4 rings (SSSR count). The number of nitriles is 1. The lowest BCUT2D eigenvalue weighted by Gasteiger charge is -2.29. The molecule has 2 aromatic heterocycles. The van der Waals surface area contributed by atoms with Crippen LogP contribution in [0.4, 0.5) is 0 Å². The predicted molar refractivity (Wildman–Crippen MR) is 112 cm³/mol. The summed E-state index contributed by atoms with van der Waals surface area (Å²) in [4.78, 5) is 14.8. The Labute approximate surface area is 173 Å². The molecule has 2 aliphatic heterocycles. The minimum Gasteiger partial charge on any atom is -0.497 e. The number of fused-ring (bicyclic) bond motifs is 1.